The normalized spacial score (nSPS) is 50.5. The molecule has 4 saturated heterocycles. The zero-order valence-electron chi connectivity index (χ0n) is 33.9. The minimum atomic E-state index is -1.68. The van der Waals surface area contributed by atoms with Crippen LogP contribution in [0, 0.1) is 23.7 Å². The second-order valence-electron chi connectivity index (χ2n) is 17.1. The van der Waals surface area contributed by atoms with Crippen LogP contribution in [0.25, 0.3) is 0 Å². The molecule has 15 heteroatoms. The van der Waals surface area contributed by atoms with Crippen molar-refractivity contribution in [2.45, 2.75) is 185 Å². The summed E-state index contributed by atoms with van der Waals surface area (Å²) >= 11 is 5.42. The largest absolute Gasteiger partial charge is 0.459 e. The number of aliphatic hydroxyl groups excluding tert-OH is 2. The Morgan fingerprint density at radius 1 is 0.925 bits per heavy atom. The zero-order chi connectivity index (χ0) is 40.0. The summed E-state index contributed by atoms with van der Waals surface area (Å²) in [6, 6.07) is -0.286. The molecule has 0 aromatic heterocycles. The summed E-state index contributed by atoms with van der Waals surface area (Å²) in [5.41, 5.74) is -4.34. The Morgan fingerprint density at radius 3 is 2.15 bits per heavy atom. The molecule has 308 valence electrons. The Labute approximate surface area is 321 Å². The summed E-state index contributed by atoms with van der Waals surface area (Å²) in [6.45, 7) is 17.7. The van der Waals surface area contributed by atoms with Crippen LogP contribution in [0.4, 0.5) is 0 Å². The standard InChI is InChI=1S/C38H67NO13S/c1-14-25-38(10,44)32-20(4)28(50-35(53)52-32)18(2)16-36(8,43)31(51-34-27(40)24(39(11)12)15-19(3)46-34)21(5)29(22(6)33(42)48-25)49-26-17-37(9,45-13)30(41)23(7)47-26/h18-32,34,40-41,43-44H,14-17H2,1-13H3/t18-,19-,20+,21+,22-,23+,24+,25-,26+,27-,28-,29+,30+,31-,32-,34+,36-,37-,38-/m1/s1. The first-order valence-corrected chi connectivity index (χ1v) is 19.6. The predicted molar refractivity (Wildman–Crippen MR) is 198 cm³/mol. The minimum absolute atomic E-state index is 0.123. The molecular weight excluding hydrogens is 710 g/mol. The van der Waals surface area contributed by atoms with Gasteiger partial charge >= 0.3 is 11.2 Å². The third kappa shape index (κ3) is 9.33. The summed E-state index contributed by atoms with van der Waals surface area (Å²) in [5, 5.41) is 47.1. The number of ether oxygens (including phenoxy) is 8. The van der Waals surface area contributed by atoms with Crippen molar-refractivity contribution in [2.24, 2.45) is 23.7 Å². The first-order chi connectivity index (χ1) is 24.5. The number of nitrogens with zero attached hydrogens (tertiary/aromatic N) is 1. The van der Waals surface area contributed by atoms with Gasteiger partial charge < -0.3 is 63.2 Å². The summed E-state index contributed by atoms with van der Waals surface area (Å²) in [4.78, 5) is 16.2. The van der Waals surface area contributed by atoms with Gasteiger partial charge in [-0.3, -0.25) is 4.79 Å². The van der Waals surface area contributed by atoms with Crippen molar-refractivity contribution >= 4 is 23.4 Å². The van der Waals surface area contributed by atoms with Crippen molar-refractivity contribution in [3.63, 3.8) is 0 Å². The number of carbonyl (C=O) groups is 1. The van der Waals surface area contributed by atoms with Crippen molar-refractivity contribution in [1.29, 1.82) is 0 Å². The van der Waals surface area contributed by atoms with Crippen molar-refractivity contribution in [3.05, 3.63) is 0 Å². The van der Waals surface area contributed by atoms with E-state index in [-0.39, 0.29) is 42.6 Å². The average Bonchev–Trinajstić information content (AvgIpc) is 3.07. The number of aliphatic hydroxyl groups is 4. The molecule has 4 N–H and O–H groups in total. The van der Waals surface area contributed by atoms with Crippen LogP contribution in [0.5, 0.6) is 0 Å². The van der Waals surface area contributed by atoms with Crippen molar-refractivity contribution in [2.75, 3.05) is 21.2 Å². The summed E-state index contributed by atoms with van der Waals surface area (Å²) in [7, 11) is 5.27. The maximum Gasteiger partial charge on any atom is 0.352 e. The molecule has 0 saturated carbocycles. The maximum atomic E-state index is 14.3. The van der Waals surface area contributed by atoms with Crippen LogP contribution in [0.15, 0.2) is 0 Å². The molecule has 19 atom stereocenters. The highest BCUT2D eigenvalue weighted by Gasteiger charge is 2.56. The quantitative estimate of drug-likeness (QED) is 0.219. The Morgan fingerprint density at radius 2 is 1.57 bits per heavy atom. The molecule has 0 amide bonds. The lowest BCUT2D eigenvalue weighted by atomic mass is 9.73. The first-order valence-electron chi connectivity index (χ1n) is 19.2. The van der Waals surface area contributed by atoms with E-state index < -0.39 is 102 Å². The highest BCUT2D eigenvalue weighted by molar-refractivity contribution is 7.79. The second kappa shape index (κ2) is 17.1. The SMILES string of the molecule is CC[C@H]1OC(=O)[C@H](C)[C@@H](O[C@H]2C[C@@](C)(OC)[C@@H](O)[C@H](C)O2)[C@H](C)[C@@H](O[C@@H]2O[C@H](C)C[C@H](N(C)C)[C@H]2O)[C@](C)(O)C[C@@H](C)[C@H]2OC(=S)O[C@H]([C@H]2C)[C@]1(C)O. The average molecular weight is 778 g/mol. The van der Waals surface area contributed by atoms with Crippen molar-refractivity contribution in [1.82, 2.24) is 4.90 Å². The maximum absolute atomic E-state index is 14.3. The number of fused-ring (bicyclic) bond motifs is 2. The van der Waals surface area contributed by atoms with E-state index in [1.807, 2.05) is 53.6 Å². The number of methoxy groups -OCH3 is 1. The van der Waals surface area contributed by atoms with Gasteiger partial charge in [-0.1, -0.05) is 27.7 Å². The van der Waals surface area contributed by atoms with Gasteiger partial charge in [0.05, 0.1) is 41.5 Å². The van der Waals surface area contributed by atoms with Crippen LogP contribution in [-0.2, 0) is 42.7 Å². The molecule has 0 aliphatic carbocycles. The van der Waals surface area contributed by atoms with E-state index in [2.05, 4.69) is 0 Å². The van der Waals surface area contributed by atoms with Gasteiger partial charge in [0.2, 0.25) is 0 Å². The van der Waals surface area contributed by atoms with Gasteiger partial charge in [-0.25, -0.2) is 0 Å². The number of cyclic esters (lactones) is 1. The summed E-state index contributed by atoms with van der Waals surface area (Å²) in [5.74, 6) is -3.23. The van der Waals surface area contributed by atoms with Crippen LogP contribution in [-0.4, -0.2) is 148 Å². The smallest absolute Gasteiger partial charge is 0.352 e. The van der Waals surface area contributed by atoms with Crippen LogP contribution in [0.1, 0.15) is 94.9 Å². The second-order valence-corrected chi connectivity index (χ2v) is 17.5. The molecular formula is C38H67NO13S. The van der Waals surface area contributed by atoms with Crippen LogP contribution < -0.4 is 0 Å². The molecule has 0 spiro atoms. The van der Waals surface area contributed by atoms with Gasteiger partial charge in [-0.05, 0) is 80.8 Å². The van der Waals surface area contributed by atoms with Crippen molar-refractivity contribution < 1.29 is 63.1 Å². The van der Waals surface area contributed by atoms with Gasteiger partial charge in [0.15, 0.2) is 12.6 Å². The number of hydrogen-bond acceptors (Lipinski definition) is 15. The van der Waals surface area contributed by atoms with E-state index in [9.17, 15) is 25.2 Å². The third-order valence-corrected chi connectivity index (χ3v) is 12.6. The topological polar surface area (TPSA) is 175 Å². The highest BCUT2D eigenvalue weighted by Crippen LogP contribution is 2.43. The monoisotopic (exact) mass is 777 g/mol. The first kappa shape index (κ1) is 44.5. The van der Waals surface area contributed by atoms with E-state index in [0.717, 1.165) is 0 Å². The lowest BCUT2D eigenvalue weighted by molar-refractivity contribution is -0.318. The molecule has 4 aliphatic heterocycles. The Hall–Kier alpha value is -1.24. The molecule has 0 aromatic carbocycles. The van der Waals surface area contributed by atoms with Gasteiger partial charge in [0, 0.05) is 43.6 Å². The number of carbonyl (C=O) groups excluding carboxylic acids is 1. The number of esters is 1. The molecule has 53 heavy (non-hydrogen) atoms. The molecule has 0 radical (unpaired) electrons. The number of likely N-dealkylation sites (N-methyl/N-ethyl adjacent to an activating group) is 1. The number of hydrogen-bond donors (Lipinski definition) is 4. The predicted octanol–water partition coefficient (Wildman–Crippen LogP) is 2.92. The fourth-order valence-corrected chi connectivity index (χ4v) is 9.47. The molecule has 4 heterocycles. The molecule has 4 rings (SSSR count). The van der Waals surface area contributed by atoms with Gasteiger partial charge in [-0.15, -0.1) is 0 Å². The fraction of sp³-hybridized carbons (Fsp3) is 0.947. The molecule has 14 nitrogen and oxygen atoms in total. The van der Waals surface area contributed by atoms with E-state index in [1.165, 1.54) is 7.11 Å². The van der Waals surface area contributed by atoms with Gasteiger partial charge in [0.25, 0.3) is 0 Å². The Balaban J connectivity index is 1.84. The summed E-state index contributed by atoms with van der Waals surface area (Å²) in [6.07, 6.45) is -8.53. The highest BCUT2D eigenvalue weighted by atomic mass is 32.1. The Bertz CT molecular complexity index is 1250. The summed E-state index contributed by atoms with van der Waals surface area (Å²) < 4.78 is 49.8. The number of rotatable bonds is 7. The van der Waals surface area contributed by atoms with E-state index >= 15 is 0 Å². The van der Waals surface area contributed by atoms with Gasteiger partial charge in [-0.2, -0.15) is 0 Å². The molecule has 4 fully saturated rings. The minimum Gasteiger partial charge on any atom is -0.459 e. The van der Waals surface area contributed by atoms with Gasteiger partial charge in [0.1, 0.15) is 36.1 Å². The number of thiocarbonyl (C=S) groups is 1. The van der Waals surface area contributed by atoms with E-state index in [1.54, 1.807) is 34.6 Å². The Kier molecular flexibility index (Phi) is 14.3. The zero-order valence-corrected chi connectivity index (χ0v) is 34.7. The van der Waals surface area contributed by atoms with Crippen molar-refractivity contribution in [3.8, 4) is 0 Å². The lowest BCUT2D eigenvalue weighted by Crippen LogP contribution is -2.63. The fourth-order valence-electron chi connectivity index (χ4n) is 9.26. The molecule has 4 aliphatic rings. The van der Waals surface area contributed by atoms with Crippen LogP contribution >= 0.6 is 12.2 Å². The van der Waals surface area contributed by atoms with Crippen LogP contribution in [0.2, 0.25) is 0 Å². The third-order valence-electron chi connectivity index (χ3n) is 12.4. The molecule has 0 unspecified atom stereocenters. The molecule has 2 bridgehead atoms. The van der Waals surface area contributed by atoms with Crippen LogP contribution in [0.3, 0.4) is 0 Å². The van der Waals surface area contributed by atoms with E-state index in [4.69, 9.17) is 50.1 Å². The molecule has 0 aromatic rings. The lowest BCUT2D eigenvalue weighted by Gasteiger charge is -2.50. The van der Waals surface area contributed by atoms with E-state index in [0.29, 0.717) is 6.42 Å².